The molecule has 16 heavy (non-hydrogen) atoms. The summed E-state index contributed by atoms with van der Waals surface area (Å²) in [6, 6.07) is 5.42. The van der Waals surface area contributed by atoms with Crippen molar-refractivity contribution in [1.82, 2.24) is 10.1 Å². The Morgan fingerprint density at radius 1 is 1.44 bits per heavy atom. The standard InChI is InChI=1S/C10H10N4OS/c11-10(16)7-1-2-9(12-5-7)13-6-8-3-4-14-15-8/h1-5H,6H2,(H2,11,16)(H,12,13). The van der Waals surface area contributed by atoms with Crippen molar-refractivity contribution in [1.29, 1.82) is 0 Å². The topological polar surface area (TPSA) is 77.0 Å². The fourth-order valence-electron chi connectivity index (χ4n) is 1.16. The highest BCUT2D eigenvalue weighted by Gasteiger charge is 1.99. The number of nitrogens with zero attached hydrogens (tertiary/aromatic N) is 2. The molecule has 0 fully saturated rings. The van der Waals surface area contributed by atoms with Gasteiger partial charge in [-0.25, -0.2) is 4.98 Å². The number of hydrogen-bond acceptors (Lipinski definition) is 5. The third kappa shape index (κ3) is 2.54. The van der Waals surface area contributed by atoms with Crippen LogP contribution < -0.4 is 11.1 Å². The van der Waals surface area contributed by atoms with Crippen molar-refractivity contribution >= 4 is 23.0 Å². The van der Waals surface area contributed by atoms with E-state index in [2.05, 4.69) is 15.5 Å². The summed E-state index contributed by atoms with van der Waals surface area (Å²) in [5.41, 5.74) is 6.21. The maximum absolute atomic E-state index is 5.46. The number of anilines is 1. The summed E-state index contributed by atoms with van der Waals surface area (Å²) in [4.78, 5) is 4.50. The molecule has 3 N–H and O–H groups in total. The molecular weight excluding hydrogens is 224 g/mol. The lowest BCUT2D eigenvalue weighted by molar-refractivity contribution is 0.388. The van der Waals surface area contributed by atoms with Gasteiger partial charge >= 0.3 is 0 Å². The molecule has 5 nitrogen and oxygen atoms in total. The summed E-state index contributed by atoms with van der Waals surface area (Å²) in [5, 5.41) is 6.69. The minimum Gasteiger partial charge on any atom is -0.389 e. The first-order valence-corrected chi connectivity index (χ1v) is 5.06. The van der Waals surface area contributed by atoms with Crippen molar-refractivity contribution in [3.63, 3.8) is 0 Å². The van der Waals surface area contributed by atoms with Crippen LogP contribution in [0.1, 0.15) is 11.3 Å². The fraction of sp³-hybridized carbons (Fsp3) is 0.100. The second kappa shape index (κ2) is 4.71. The molecule has 0 aliphatic carbocycles. The van der Waals surface area contributed by atoms with Gasteiger partial charge in [0.25, 0.3) is 0 Å². The molecule has 6 heteroatoms. The van der Waals surface area contributed by atoms with Crippen LogP contribution in [0.5, 0.6) is 0 Å². The summed E-state index contributed by atoms with van der Waals surface area (Å²) in [7, 11) is 0. The number of hydrogen-bond donors (Lipinski definition) is 2. The highest BCUT2D eigenvalue weighted by atomic mass is 32.1. The first-order valence-electron chi connectivity index (χ1n) is 4.65. The van der Waals surface area contributed by atoms with Gasteiger partial charge in [-0.15, -0.1) is 0 Å². The molecular formula is C10H10N4OS. The van der Waals surface area contributed by atoms with Gasteiger partial charge in [0.15, 0.2) is 5.76 Å². The Morgan fingerprint density at radius 2 is 2.31 bits per heavy atom. The van der Waals surface area contributed by atoms with Crippen LogP contribution in [0.15, 0.2) is 35.1 Å². The third-order valence-electron chi connectivity index (χ3n) is 1.98. The zero-order valence-electron chi connectivity index (χ0n) is 8.38. The van der Waals surface area contributed by atoms with Crippen molar-refractivity contribution in [2.24, 2.45) is 5.73 Å². The minimum absolute atomic E-state index is 0.342. The normalized spacial score (nSPS) is 10.0. The van der Waals surface area contributed by atoms with Crippen LogP contribution in [-0.2, 0) is 6.54 Å². The average molecular weight is 234 g/mol. The van der Waals surface area contributed by atoms with Gasteiger partial charge in [0, 0.05) is 17.8 Å². The maximum Gasteiger partial charge on any atom is 0.155 e. The quantitative estimate of drug-likeness (QED) is 0.777. The molecule has 0 radical (unpaired) electrons. The largest absolute Gasteiger partial charge is 0.389 e. The molecule has 82 valence electrons. The number of thiocarbonyl (C=S) groups is 1. The number of aromatic nitrogens is 2. The van der Waals surface area contributed by atoms with E-state index in [-0.39, 0.29) is 0 Å². The summed E-state index contributed by atoms with van der Waals surface area (Å²) in [6.07, 6.45) is 3.23. The average Bonchev–Trinajstić information content (AvgIpc) is 2.80. The highest BCUT2D eigenvalue weighted by Crippen LogP contribution is 2.07. The summed E-state index contributed by atoms with van der Waals surface area (Å²) >= 11 is 4.83. The van der Waals surface area contributed by atoms with Gasteiger partial charge in [-0.3, -0.25) is 0 Å². The second-order valence-corrected chi connectivity index (χ2v) is 3.57. The van der Waals surface area contributed by atoms with Crippen LogP contribution in [-0.4, -0.2) is 15.1 Å². The van der Waals surface area contributed by atoms with Crippen LogP contribution in [0.4, 0.5) is 5.82 Å². The zero-order chi connectivity index (χ0) is 11.4. The van der Waals surface area contributed by atoms with E-state index in [1.165, 1.54) is 0 Å². The van der Waals surface area contributed by atoms with Gasteiger partial charge < -0.3 is 15.6 Å². The van der Waals surface area contributed by atoms with E-state index in [1.54, 1.807) is 18.5 Å². The molecule has 0 atom stereocenters. The number of nitrogens with one attached hydrogen (secondary N) is 1. The van der Waals surface area contributed by atoms with E-state index in [1.807, 2.05) is 12.1 Å². The lowest BCUT2D eigenvalue weighted by Gasteiger charge is -2.03. The summed E-state index contributed by atoms with van der Waals surface area (Å²) in [5.74, 6) is 1.48. The van der Waals surface area contributed by atoms with Crippen LogP contribution >= 0.6 is 12.2 Å². The molecule has 2 heterocycles. The number of pyridine rings is 1. The predicted octanol–water partition coefficient (Wildman–Crippen LogP) is 1.32. The first kappa shape index (κ1) is 10.6. The Morgan fingerprint density at radius 3 is 2.88 bits per heavy atom. The van der Waals surface area contributed by atoms with Crippen molar-refractivity contribution in [3.8, 4) is 0 Å². The zero-order valence-corrected chi connectivity index (χ0v) is 9.20. The lowest BCUT2D eigenvalue weighted by Crippen LogP contribution is -2.10. The molecule has 0 bridgehead atoms. The van der Waals surface area contributed by atoms with Gasteiger partial charge in [0.2, 0.25) is 0 Å². The smallest absolute Gasteiger partial charge is 0.155 e. The third-order valence-corrected chi connectivity index (χ3v) is 2.22. The Balaban J connectivity index is 1.98. The fourth-order valence-corrected chi connectivity index (χ4v) is 1.28. The predicted molar refractivity (Wildman–Crippen MR) is 64.0 cm³/mol. The van der Waals surface area contributed by atoms with Crippen LogP contribution in [0, 0.1) is 0 Å². The molecule has 2 aromatic rings. The maximum atomic E-state index is 5.46. The summed E-state index contributed by atoms with van der Waals surface area (Å²) < 4.78 is 4.94. The Kier molecular flexibility index (Phi) is 3.11. The van der Waals surface area contributed by atoms with E-state index in [0.29, 0.717) is 11.5 Å². The van der Waals surface area contributed by atoms with E-state index >= 15 is 0 Å². The minimum atomic E-state index is 0.342. The van der Waals surface area contributed by atoms with Crippen molar-refractivity contribution in [2.45, 2.75) is 6.54 Å². The molecule has 0 saturated carbocycles. The summed E-state index contributed by atoms with van der Waals surface area (Å²) in [6.45, 7) is 0.541. The van der Waals surface area contributed by atoms with Crippen LogP contribution in [0.2, 0.25) is 0 Å². The van der Waals surface area contributed by atoms with Gasteiger partial charge in [0.05, 0.1) is 12.7 Å². The molecule has 2 aromatic heterocycles. The molecule has 0 aromatic carbocycles. The Labute approximate surface area is 97.7 Å². The van der Waals surface area contributed by atoms with Crippen LogP contribution in [0.25, 0.3) is 0 Å². The van der Waals surface area contributed by atoms with Crippen molar-refractivity contribution in [2.75, 3.05) is 5.32 Å². The van der Waals surface area contributed by atoms with E-state index in [9.17, 15) is 0 Å². The number of rotatable bonds is 4. The van der Waals surface area contributed by atoms with E-state index in [0.717, 1.165) is 17.1 Å². The van der Waals surface area contributed by atoms with Gasteiger partial charge in [-0.1, -0.05) is 17.4 Å². The Bertz CT molecular complexity index is 466. The highest BCUT2D eigenvalue weighted by molar-refractivity contribution is 7.80. The molecule has 0 aliphatic rings. The first-order chi connectivity index (χ1) is 7.75. The molecule has 0 unspecified atom stereocenters. The van der Waals surface area contributed by atoms with Gasteiger partial charge in [-0.05, 0) is 12.1 Å². The lowest BCUT2D eigenvalue weighted by atomic mass is 10.3. The second-order valence-electron chi connectivity index (χ2n) is 3.13. The van der Waals surface area contributed by atoms with Gasteiger partial charge in [-0.2, -0.15) is 0 Å². The molecule has 0 amide bonds. The molecule has 0 spiro atoms. The molecule has 0 aliphatic heterocycles. The van der Waals surface area contributed by atoms with Crippen molar-refractivity contribution in [3.05, 3.63) is 41.9 Å². The van der Waals surface area contributed by atoms with Gasteiger partial charge in [0.1, 0.15) is 10.8 Å². The molecule has 2 rings (SSSR count). The monoisotopic (exact) mass is 234 g/mol. The number of nitrogens with two attached hydrogens (primary N) is 1. The van der Waals surface area contributed by atoms with Crippen LogP contribution in [0.3, 0.4) is 0 Å². The Hall–Kier alpha value is -1.95. The molecule has 0 saturated heterocycles. The van der Waals surface area contributed by atoms with Crippen molar-refractivity contribution < 1.29 is 4.52 Å². The SMILES string of the molecule is NC(=S)c1ccc(NCc2ccno2)nc1. The van der Waals surface area contributed by atoms with E-state index in [4.69, 9.17) is 22.5 Å². The van der Waals surface area contributed by atoms with E-state index < -0.39 is 0 Å².